The quantitative estimate of drug-likeness (QED) is 0.808. The zero-order valence-electron chi connectivity index (χ0n) is 17.8. The molecule has 5 nitrogen and oxygen atoms in total. The van der Waals surface area contributed by atoms with E-state index < -0.39 is 0 Å². The van der Waals surface area contributed by atoms with Crippen LogP contribution in [0.15, 0.2) is 30.3 Å². The van der Waals surface area contributed by atoms with Crippen LogP contribution in [-0.2, 0) is 22.3 Å². The molecule has 1 aromatic heterocycles. The van der Waals surface area contributed by atoms with Crippen LogP contribution in [0, 0.1) is 0 Å². The van der Waals surface area contributed by atoms with Crippen molar-refractivity contribution in [1.29, 1.82) is 0 Å². The molecule has 0 amide bonds. The summed E-state index contributed by atoms with van der Waals surface area (Å²) in [5.74, 6) is 0.464. The summed E-state index contributed by atoms with van der Waals surface area (Å²) in [4.78, 5) is 4.53. The van der Waals surface area contributed by atoms with Gasteiger partial charge in [-0.15, -0.1) is 0 Å². The maximum Gasteiger partial charge on any atom is 0.495 e. The Balaban J connectivity index is 1.68. The molecule has 2 aromatic rings. The van der Waals surface area contributed by atoms with E-state index in [9.17, 15) is 5.11 Å². The Bertz CT molecular complexity index is 951. The van der Waals surface area contributed by atoms with Crippen molar-refractivity contribution in [3.8, 4) is 5.88 Å². The van der Waals surface area contributed by atoms with Gasteiger partial charge in [-0.25, -0.2) is 4.98 Å². The van der Waals surface area contributed by atoms with Gasteiger partial charge in [-0.3, -0.25) is 0 Å². The maximum atomic E-state index is 9.40. The number of aromatic nitrogens is 1. The van der Waals surface area contributed by atoms with Crippen LogP contribution in [0.2, 0.25) is 0 Å². The summed E-state index contributed by atoms with van der Waals surface area (Å²) in [5.41, 5.74) is 5.67. The average molecular weight is 393 g/mol. The number of rotatable bonds is 4. The first-order valence-corrected chi connectivity index (χ1v) is 10.1. The van der Waals surface area contributed by atoms with E-state index in [-0.39, 0.29) is 24.9 Å². The molecule has 0 radical (unpaired) electrons. The SMILES string of the molecule is COc1nc(/C=C2\CCc3c(B4OC(C)(C)C(C)(C)O4)cccc32)ccc1CO. The van der Waals surface area contributed by atoms with Crippen LogP contribution in [0.1, 0.15) is 56.5 Å². The number of hydrogen-bond donors (Lipinski definition) is 1. The molecule has 152 valence electrons. The third-order valence-electron chi connectivity index (χ3n) is 6.36. The number of fused-ring (bicyclic) bond motifs is 1. The van der Waals surface area contributed by atoms with E-state index in [0.29, 0.717) is 11.4 Å². The van der Waals surface area contributed by atoms with Crippen LogP contribution in [0.3, 0.4) is 0 Å². The third-order valence-corrected chi connectivity index (χ3v) is 6.36. The second-order valence-corrected chi connectivity index (χ2v) is 8.69. The number of allylic oxidation sites excluding steroid dienone is 1. The molecular formula is C23H28BNO4. The molecule has 1 aliphatic heterocycles. The lowest BCUT2D eigenvalue weighted by Crippen LogP contribution is -2.41. The Morgan fingerprint density at radius 3 is 2.48 bits per heavy atom. The molecule has 0 unspecified atom stereocenters. The summed E-state index contributed by atoms with van der Waals surface area (Å²) < 4.78 is 17.9. The molecule has 0 bridgehead atoms. The summed E-state index contributed by atoms with van der Waals surface area (Å²) in [6, 6.07) is 10.1. The molecule has 1 N–H and O–H groups in total. The van der Waals surface area contributed by atoms with Gasteiger partial charge in [0.25, 0.3) is 0 Å². The molecule has 0 spiro atoms. The molecule has 29 heavy (non-hydrogen) atoms. The molecule has 0 saturated carbocycles. The molecule has 2 heterocycles. The number of benzene rings is 1. The Labute approximate surface area is 172 Å². The predicted molar refractivity (Wildman–Crippen MR) is 115 cm³/mol. The first-order valence-electron chi connectivity index (χ1n) is 10.1. The zero-order chi connectivity index (χ0) is 20.8. The molecule has 1 aromatic carbocycles. The van der Waals surface area contributed by atoms with Gasteiger partial charge in [0.05, 0.1) is 30.6 Å². The number of methoxy groups -OCH3 is 1. The van der Waals surface area contributed by atoms with E-state index in [1.807, 2.05) is 12.1 Å². The van der Waals surface area contributed by atoms with Gasteiger partial charge in [0.1, 0.15) is 0 Å². The number of pyridine rings is 1. The summed E-state index contributed by atoms with van der Waals surface area (Å²) >= 11 is 0. The highest BCUT2D eigenvalue weighted by atomic mass is 16.7. The van der Waals surface area contributed by atoms with Crippen molar-refractivity contribution in [2.75, 3.05) is 7.11 Å². The van der Waals surface area contributed by atoms with Gasteiger partial charge in [-0.2, -0.15) is 0 Å². The Morgan fingerprint density at radius 2 is 1.83 bits per heavy atom. The molecule has 1 fully saturated rings. The molecule has 1 aliphatic carbocycles. The minimum Gasteiger partial charge on any atom is -0.481 e. The normalized spacial score (nSPS) is 20.9. The molecule has 0 atom stereocenters. The number of ether oxygens (including phenoxy) is 1. The van der Waals surface area contributed by atoms with Crippen molar-refractivity contribution < 1.29 is 19.2 Å². The van der Waals surface area contributed by atoms with Gasteiger partial charge in [0, 0.05) is 5.56 Å². The van der Waals surface area contributed by atoms with E-state index >= 15 is 0 Å². The first-order chi connectivity index (χ1) is 13.8. The number of nitrogens with zero attached hydrogens (tertiary/aromatic N) is 1. The fraction of sp³-hybridized carbons (Fsp3) is 0.435. The summed E-state index contributed by atoms with van der Waals surface area (Å²) in [5, 5.41) is 9.40. The van der Waals surface area contributed by atoms with E-state index in [2.05, 4.69) is 57.0 Å². The fourth-order valence-corrected chi connectivity index (χ4v) is 3.96. The number of aliphatic hydroxyl groups is 1. The van der Waals surface area contributed by atoms with Gasteiger partial charge < -0.3 is 19.2 Å². The van der Waals surface area contributed by atoms with Crippen molar-refractivity contribution in [2.45, 2.75) is 58.3 Å². The van der Waals surface area contributed by atoms with Crippen LogP contribution in [0.4, 0.5) is 0 Å². The van der Waals surface area contributed by atoms with Gasteiger partial charge in [-0.1, -0.05) is 18.2 Å². The van der Waals surface area contributed by atoms with Crippen molar-refractivity contribution in [3.63, 3.8) is 0 Å². The van der Waals surface area contributed by atoms with Crippen LogP contribution < -0.4 is 10.2 Å². The number of hydrogen-bond acceptors (Lipinski definition) is 5. The first kappa shape index (κ1) is 20.1. The van der Waals surface area contributed by atoms with E-state index in [4.69, 9.17) is 14.0 Å². The van der Waals surface area contributed by atoms with Crippen molar-refractivity contribution in [2.24, 2.45) is 0 Å². The second kappa shape index (κ2) is 7.28. The minimum atomic E-state index is -0.355. The molecule has 2 aliphatic rings. The van der Waals surface area contributed by atoms with Crippen molar-refractivity contribution in [3.05, 3.63) is 52.7 Å². The Hall–Kier alpha value is -2.15. The lowest BCUT2D eigenvalue weighted by molar-refractivity contribution is 0.00578. The smallest absolute Gasteiger partial charge is 0.481 e. The Morgan fingerprint density at radius 1 is 1.10 bits per heavy atom. The van der Waals surface area contributed by atoms with E-state index in [1.165, 1.54) is 16.7 Å². The second-order valence-electron chi connectivity index (χ2n) is 8.69. The number of aliphatic hydroxyl groups excluding tert-OH is 1. The van der Waals surface area contributed by atoms with Crippen molar-refractivity contribution in [1.82, 2.24) is 4.98 Å². The van der Waals surface area contributed by atoms with Gasteiger partial charge in [0.15, 0.2) is 0 Å². The van der Waals surface area contributed by atoms with Crippen LogP contribution in [0.25, 0.3) is 11.6 Å². The zero-order valence-corrected chi connectivity index (χ0v) is 17.8. The lowest BCUT2D eigenvalue weighted by Gasteiger charge is -2.32. The van der Waals surface area contributed by atoms with Gasteiger partial charge in [-0.05, 0) is 80.9 Å². The highest BCUT2D eigenvalue weighted by molar-refractivity contribution is 6.62. The molecular weight excluding hydrogens is 365 g/mol. The van der Waals surface area contributed by atoms with Gasteiger partial charge >= 0.3 is 7.12 Å². The van der Waals surface area contributed by atoms with Crippen LogP contribution in [0.5, 0.6) is 5.88 Å². The molecule has 1 saturated heterocycles. The molecule has 6 heteroatoms. The third kappa shape index (κ3) is 3.50. The predicted octanol–water partition coefficient (Wildman–Crippen LogP) is 3.37. The summed E-state index contributed by atoms with van der Waals surface area (Å²) in [7, 11) is 1.22. The van der Waals surface area contributed by atoms with E-state index in [0.717, 1.165) is 24.0 Å². The lowest BCUT2D eigenvalue weighted by atomic mass is 9.75. The van der Waals surface area contributed by atoms with Crippen LogP contribution in [-0.4, -0.2) is 35.5 Å². The standard InChI is InChI=1S/C23H28BNO4/c1-22(2)23(3,4)29-24(28-22)20-8-6-7-18-15(10-12-19(18)20)13-17-11-9-16(14-26)21(25-17)27-5/h6-9,11,13,26H,10,12,14H2,1-5H3/b15-13+. The topological polar surface area (TPSA) is 60.8 Å². The summed E-state index contributed by atoms with van der Waals surface area (Å²) in [6.07, 6.45) is 3.99. The largest absolute Gasteiger partial charge is 0.495 e. The van der Waals surface area contributed by atoms with Crippen molar-refractivity contribution >= 4 is 24.2 Å². The fourth-order valence-electron chi connectivity index (χ4n) is 3.96. The van der Waals surface area contributed by atoms with E-state index in [1.54, 1.807) is 7.11 Å². The van der Waals surface area contributed by atoms with Crippen LogP contribution >= 0.6 is 0 Å². The summed E-state index contributed by atoms with van der Waals surface area (Å²) in [6.45, 7) is 8.23. The van der Waals surface area contributed by atoms with Gasteiger partial charge in [0.2, 0.25) is 5.88 Å². The minimum absolute atomic E-state index is 0.0900. The highest BCUT2D eigenvalue weighted by Crippen LogP contribution is 2.39. The maximum absolute atomic E-state index is 9.40. The Kier molecular flexibility index (Phi) is 5.05. The highest BCUT2D eigenvalue weighted by Gasteiger charge is 2.52. The molecule has 4 rings (SSSR count). The monoisotopic (exact) mass is 393 g/mol. The average Bonchev–Trinajstić information content (AvgIpc) is 3.19.